The Morgan fingerprint density at radius 3 is 2.20 bits per heavy atom. The van der Waals surface area contributed by atoms with Crippen molar-refractivity contribution in [2.24, 2.45) is 0 Å². The first-order chi connectivity index (χ1) is 21.1. The van der Waals surface area contributed by atoms with Gasteiger partial charge in [0.15, 0.2) is 0 Å². The van der Waals surface area contributed by atoms with Crippen molar-refractivity contribution in [3.05, 3.63) is 131 Å². The van der Waals surface area contributed by atoms with Crippen LogP contribution in [0.25, 0.3) is 0 Å². The molecule has 0 aliphatic rings. The summed E-state index contributed by atoms with van der Waals surface area (Å²) in [5, 5.41) is 3.33. The van der Waals surface area contributed by atoms with Crippen LogP contribution in [0.5, 0.6) is 0 Å². The molecule has 0 saturated carbocycles. The Morgan fingerprint density at radius 2 is 1.55 bits per heavy atom. The molecule has 0 bridgehead atoms. The Morgan fingerprint density at radius 1 is 0.886 bits per heavy atom. The smallest absolute Gasteiger partial charge is 0.264 e. The average Bonchev–Trinajstić information content (AvgIpc) is 3.01. The number of benzene rings is 4. The molecule has 1 atom stereocenters. The molecule has 0 aliphatic carbocycles. The third kappa shape index (κ3) is 8.24. The van der Waals surface area contributed by atoms with Crippen LogP contribution in [0.2, 0.25) is 5.02 Å². The van der Waals surface area contributed by atoms with Crippen molar-refractivity contribution in [3.8, 4) is 0 Å². The van der Waals surface area contributed by atoms with E-state index in [0.29, 0.717) is 23.6 Å². The lowest BCUT2D eigenvalue weighted by Gasteiger charge is -2.34. The summed E-state index contributed by atoms with van der Waals surface area (Å²) in [6.07, 6.45) is 0.856. The van der Waals surface area contributed by atoms with E-state index in [0.717, 1.165) is 21.5 Å². The van der Waals surface area contributed by atoms with Crippen molar-refractivity contribution in [1.82, 2.24) is 10.2 Å². The number of sulfonamides is 1. The van der Waals surface area contributed by atoms with E-state index in [4.69, 9.17) is 11.6 Å². The minimum Gasteiger partial charge on any atom is -0.354 e. The highest BCUT2D eigenvalue weighted by Crippen LogP contribution is 2.27. The summed E-state index contributed by atoms with van der Waals surface area (Å²) in [7, 11) is -4.40. The second-order valence-corrected chi connectivity index (χ2v) is 12.7. The van der Waals surface area contributed by atoms with Gasteiger partial charge in [-0.1, -0.05) is 90.8 Å². The number of carbonyl (C=O) groups is 2. The van der Waals surface area contributed by atoms with Gasteiger partial charge in [0.2, 0.25) is 11.8 Å². The molecule has 4 rings (SSSR count). The molecule has 0 heterocycles. The van der Waals surface area contributed by atoms with Crippen molar-refractivity contribution in [1.29, 1.82) is 0 Å². The van der Waals surface area contributed by atoms with Crippen LogP contribution in [0.3, 0.4) is 0 Å². The number of carbonyl (C=O) groups excluding carboxylic acids is 2. The maximum atomic E-state index is 15.2. The van der Waals surface area contributed by atoms with E-state index < -0.39 is 34.3 Å². The number of halogens is 2. The van der Waals surface area contributed by atoms with Crippen molar-refractivity contribution >= 4 is 39.1 Å². The predicted molar refractivity (Wildman–Crippen MR) is 171 cm³/mol. The molecule has 7 nitrogen and oxygen atoms in total. The van der Waals surface area contributed by atoms with Gasteiger partial charge in [-0.3, -0.25) is 13.9 Å². The molecular formula is C34H35ClFN3O4S. The van der Waals surface area contributed by atoms with Gasteiger partial charge < -0.3 is 10.2 Å². The minimum absolute atomic E-state index is 0.0356. The largest absolute Gasteiger partial charge is 0.354 e. The number of anilines is 1. The number of hydrogen-bond acceptors (Lipinski definition) is 4. The SMILES string of the molecule is CCCNC(=O)[C@@H](Cc1ccccc1)N(Cc1cccc(Cl)c1)C(=O)CN(c1ccccc1F)S(=O)(=O)c1ccc(C)cc1. The zero-order valence-electron chi connectivity index (χ0n) is 24.6. The number of rotatable bonds is 13. The quantitative estimate of drug-likeness (QED) is 0.191. The molecular weight excluding hydrogens is 601 g/mol. The first-order valence-electron chi connectivity index (χ1n) is 14.3. The zero-order chi connectivity index (χ0) is 31.7. The summed E-state index contributed by atoms with van der Waals surface area (Å²) < 4.78 is 43.9. The van der Waals surface area contributed by atoms with Gasteiger partial charge in [0.1, 0.15) is 18.4 Å². The van der Waals surface area contributed by atoms with Crippen LogP contribution in [0, 0.1) is 12.7 Å². The zero-order valence-corrected chi connectivity index (χ0v) is 26.2. The Kier molecular flexibility index (Phi) is 11.1. The van der Waals surface area contributed by atoms with E-state index in [1.165, 1.54) is 35.2 Å². The Labute approximate surface area is 263 Å². The van der Waals surface area contributed by atoms with Crippen LogP contribution in [0.1, 0.15) is 30.0 Å². The standard InChI is InChI=1S/C34H35ClFN3O4S/c1-3-20-37-34(41)32(22-26-10-5-4-6-11-26)38(23-27-12-9-13-28(35)21-27)33(40)24-39(31-15-8-7-14-30(31)36)44(42,43)29-18-16-25(2)17-19-29/h4-19,21,32H,3,20,22-24H2,1-2H3,(H,37,41)/t32-/m1/s1. The van der Waals surface area contributed by atoms with Gasteiger partial charge in [-0.05, 0) is 60.9 Å². The highest BCUT2D eigenvalue weighted by Gasteiger charge is 2.35. The summed E-state index contributed by atoms with van der Waals surface area (Å²) in [6.45, 7) is 3.35. The number of amides is 2. The van der Waals surface area contributed by atoms with Gasteiger partial charge in [0.25, 0.3) is 10.0 Å². The van der Waals surface area contributed by atoms with E-state index in [2.05, 4.69) is 5.32 Å². The van der Waals surface area contributed by atoms with E-state index >= 15 is 4.39 Å². The van der Waals surface area contributed by atoms with Gasteiger partial charge in [-0.2, -0.15) is 0 Å². The van der Waals surface area contributed by atoms with Crippen LogP contribution in [0.4, 0.5) is 10.1 Å². The molecule has 2 amide bonds. The van der Waals surface area contributed by atoms with Gasteiger partial charge in [-0.25, -0.2) is 12.8 Å². The fourth-order valence-electron chi connectivity index (χ4n) is 4.76. The summed E-state index contributed by atoms with van der Waals surface area (Å²) in [4.78, 5) is 29.3. The van der Waals surface area contributed by atoms with Crippen LogP contribution < -0.4 is 9.62 Å². The molecule has 4 aromatic rings. The fraction of sp³-hybridized carbons (Fsp3) is 0.235. The minimum atomic E-state index is -4.40. The number of nitrogens with zero attached hydrogens (tertiary/aromatic N) is 2. The second-order valence-electron chi connectivity index (χ2n) is 10.4. The van der Waals surface area contributed by atoms with Crippen LogP contribution >= 0.6 is 11.6 Å². The first-order valence-corrected chi connectivity index (χ1v) is 16.1. The van der Waals surface area contributed by atoms with E-state index in [9.17, 15) is 18.0 Å². The molecule has 10 heteroatoms. The topological polar surface area (TPSA) is 86.8 Å². The van der Waals surface area contributed by atoms with Crippen LogP contribution in [0.15, 0.2) is 108 Å². The predicted octanol–water partition coefficient (Wildman–Crippen LogP) is 6.15. The first kappa shape index (κ1) is 32.7. The third-order valence-corrected chi connectivity index (χ3v) is 9.08. The van der Waals surface area contributed by atoms with Gasteiger partial charge in [0.05, 0.1) is 10.6 Å². The molecule has 0 radical (unpaired) electrons. The Balaban J connectivity index is 1.80. The second kappa shape index (κ2) is 15.0. The summed E-state index contributed by atoms with van der Waals surface area (Å²) in [5.74, 6) is -1.87. The van der Waals surface area contributed by atoms with Gasteiger partial charge in [0, 0.05) is 24.5 Å². The van der Waals surface area contributed by atoms with E-state index in [1.54, 1.807) is 36.4 Å². The number of para-hydroxylation sites is 1. The molecule has 0 aliphatic heterocycles. The number of hydrogen-bond donors (Lipinski definition) is 1. The normalized spacial score (nSPS) is 11.9. The van der Waals surface area contributed by atoms with Crippen LogP contribution in [-0.4, -0.2) is 44.3 Å². The number of nitrogens with one attached hydrogen (secondary N) is 1. The monoisotopic (exact) mass is 635 g/mol. The molecule has 0 aromatic heterocycles. The molecule has 0 fully saturated rings. The van der Waals surface area contributed by atoms with Crippen molar-refractivity contribution in [2.75, 3.05) is 17.4 Å². The molecule has 0 spiro atoms. The molecule has 0 unspecified atom stereocenters. The maximum absolute atomic E-state index is 15.2. The van der Waals surface area contributed by atoms with Gasteiger partial charge in [-0.15, -0.1) is 0 Å². The summed E-state index contributed by atoms with van der Waals surface area (Å²) in [5.41, 5.74) is 2.02. The Bertz CT molecular complexity index is 1680. The summed E-state index contributed by atoms with van der Waals surface area (Å²) in [6, 6.07) is 26.6. The van der Waals surface area contributed by atoms with E-state index in [-0.39, 0.29) is 29.5 Å². The third-order valence-electron chi connectivity index (χ3n) is 7.07. The lowest BCUT2D eigenvalue weighted by molar-refractivity contribution is -0.140. The number of aryl methyl sites for hydroxylation is 1. The lowest BCUT2D eigenvalue weighted by Crippen LogP contribution is -2.53. The van der Waals surface area contributed by atoms with E-state index in [1.807, 2.05) is 44.2 Å². The molecule has 230 valence electrons. The van der Waals surface area contributed by atoms with Crippen molar-refractivity contribution in [3.63, 3.8) is 0 Å². The fourth-order valence-corrected chi connectivity index (χ4v) is 6.39. The van der Waals surface area contributed by atoms with Crippen molar-refractivity contribution < 1.29 is 22.4 Å². The highest BCUT2D eigenvalue weighted by molar-refractivity contribution is 7.92. The molecule has 1 N–H and O–H groups in total. The van der Waals surface area contributed by atoms with Gasteiger partial charge >= 0.3 is 0 Å². The average molecular weight is 636 g/mol. The summed E-state index contributed by atoms with van der Waals surface area (Å²) >= 11 is 6.26. The molecule has 4 aromatic carbocycles. The van der Waals surface area contributed by atoms with Crippen molar-refractivity contribution in [2.45, 2.75) is 44.2 Å². The molecule has 44 heavy (non-hydrogen) atoms. The Hall–Kier alpha value is -4.21. The lowest BCUT2D eigenvalue weighted by atomic mass is 10.0. The highest BCUT2D eigenvalue weighted by atomic mass is 35.5. The molecule has 0 saturated heterocycles. The maximum Gasteiger partial charge on any atom is 0.264 e. The van der Waals surface area contributed by atoms with Crippen LogP contribution in [-0.2, 0) is 32.6 Å².